The number of rotatable bonds is 14. The van der Waals surface area contributed by atoms with Gasteiger partial charge in [-0.3, -0.25) is 23.9 Å². The van der Waals surface area contributed by atoms with Gasteiger partial charge in [-0.2, -0.15) is 8.42 Å². The number of piperidine rings is 1. The molecule has 12 heteroatoms. The van der Waals surface area contributed by atoms with Crippen LogP contribution in [0.5, 0.6) is 0 Å². The average molecular weight is 639 g/mol. The zero-order valence-corrected chi connectivity index (χ0v) is 26.0. The van der Waals surface area contributed by atoms with Crippen LogP contribution >= 0.6 is 11.8 Å². The van der Waals surface area contributed by atoms with Gasteiger partial charge in [0, 0.05) is 29.2 Å². The molecule has 3 aromatic rings. The number of hydrogen-bond acceptors (Lipinski definition) is 9. The molecule has 44 heavy (non-hydrogen) atoms. The van der Waals surface area contributed by atoms with Crippen LogP contribution < -0.4 is 5.32 Å². The molecule has 1 N–H and O–H groups in total. The average Bonchev–Trinajstić information content (AvgIpc) is 3.34. The summed E-state index contributed by atoms with van der Waals surface area (Å²) < 4.78 is 40.9. The Balaban J connectivity index is 0.998. The van der Waals surface area contributed by atoms with Crippen LogP contribution in [-0.2, 0) is 53.1 Å². The molecule has 232 valence electrons. The van der Waals surface area contributed by atoms with Crippen molar-refractivity contribution in [2.75, 3.05) is 25.6 Å². The maximum Gasteiger partial charge on any atom is 0.297 e. The van der Waals surface area contributed by atoms with Gasteiger partial charge in [-0.1, -0.05) is 48.0 Å². The fourth-order valence-corrected chi connectivity index (χ4v) is 6.83. The maximum absolute atomic E-state index is 13.0. The molecule has 2 aliphatic rings. The third-order valence-corrected chi connectivity index (χ3v) is 9.75. The van der Waals surface area contributed by atoms with Crippen LogP contribution in [0.1, 0.15) is 45.5 Å². The van der Waals surface area contributed by atoms with Crippen molar-refractivity contribution in [1.29, 1.82) is 0 Å². The summed E-state index contributed by atoms with van der Waals surface area (Å²) in [5.41, 5.74) is 4.44. The highest BCUT2D eigenvalue weighted by molar-refractivity contribution is 7.99. The Bertz CT molecular complexity index is 1610. The lowest BCUT2D eigenvalue weighted by atomic mass is 10.0. The lowest BCUT2D eigenvalue weighted by molar-refractivity contribution is -0.136. The van der Waals surface area contributed by atoms with Crippen molar-refractivity contribution in [1.82, 2.24) is 10.2 Å². The quantitative estimate of drug-likeness (QED) is 0.121. The molecule has 5 rings (SSSR count). The molecule has 1 unspecified atom stereocenters. The van der Waals surface area contributed by atoms with Gasteiger partial charge in [0.25, 0.3) is 16.0 Å². The Labute approximate surface area is 261 Å². The number of amides is 3. The molecule has 3 amide bonds. The van der Waals surface area contributed by atoms with Crippen LogP contribution in [0, 0.1) is 6.92 Å². The summed E-state index contributed by atoms with van der Waals surface area (Å²) in [7, 11) is -3.81. The maximum atomic E-state index is 13.0. The highest BCUT2D eigenvalue weighted by Gasteiger charge is 2.39. The minimum Gasteiger partial charge on any atom is -0.376 e. The first-order valence-electron chi connectivity index (χ1n) is 14.3. The van der Waals surface area contributed by atoms with E-state index in [0.717, 1.165) is 27.1 Å². The largest absolute Gasteiger partial charge is 0.376 e. The van der Waals surface area contributed by atoms with Crippen LogP contribution in [0.15, 0.2) is 76.5 Å². The molecular weight excluding hydrogens is 604 g/mol. The first-order valence-corrected chi connectivity index (χ1v) is 16.7. The van der Waals surface area contributed by atoms with Crippen LogP contribution in [-0.4, -0.2) is 62.7 Å². The highest BCUT2D eigenvalue weighted by atomic mass is 32.2. The third-order valence-electron chi connectivity index (χ3n) is 7.36. The Hall–Kier alpha value is -3.55. The normalized spacial score (nSPS) is 16.7. The lowest BCUT2D eigenvalue weighted by Gasteiger charge is -2.29. The zero-order chi connectivity index (χ0) is 31.1. The molecule has 0 bridgehead atoms. The Morgan fingerprint density at radius 3 is 2.25 bits per heavy atom. The van der Waals surface area contributed by atoms with Crippen molar-refractivity contribution in [3.63, 3.8) is 0 Å². The molecule has 2 aliphatic heterocycles. The Morgan fingerprint density at radius 1 is 0.886 bits per heavy atom. The van der Waals surface area contributed by atoms with Crippen LogP contribution in [0.4, 0.5) is 0 Å². The number of ether oxygens (including phenoxy) is 2. The van der Waals surface area contributed by atoms with E-state index in [2.05, 4.69) is 5.32 Å². The number of hydrogen-bond donors (Lipinski definition) is 1. The number of benzene rings is 3. The molecule has 2 heterocycles. The fourth-order valence-electron chi connectivity index (χ4n) is 4.99. The fraction of sp³-hybridized carbons (Fsp3) is 0.344. The summed E-state index contributed by atoms with van der Waals surface area (Å²) in [5.74, 6) is -0.204. The first-order chi connectivity index (χ1) is 21.2. The van der Waals surface area contributed by atoms with E-state index in [1.807, 2.05) is 43.3 Å². The van der Waals surface area contributed by atoms with Crippen molar-refractivity contribution in [2.45, 2.75) is 55.4 Å². The molecule has 10 nitrogen and oxygen atoms in total. The Morgan fingerprint density at radius 2 is 1.57 bits per heavy atom. The van der Waals surface area contributed by atoms with Gasteiger partial charge in [-0.05, 0) is 54.3 Å². The summed E-state index contributed by atoms with van der Waals surface area (Å²) in [6.07, 6.45) is 0.566. The second-order valence-corrected chi connectivity index (χ2v) is 13.3. The number of fused-ring (bicyclic) bond motifs is 1. The lowest BCUT2D eigenvalue weighted by Crippen LogP contribution is -2.52. The number of carbonyl (C=O) groups is 3. The van der Waals surface area contributed by atoms with E-state index in [1.165, 1.54) is 12.1 Å². The number of aryl methyl sites for hydroxylation is 1. The molecule has 3 aromatic carbocycles. The van der Waals surface area contributed by atoms with Gasteiger partial charge in [-0.15, -0.1) is 11.8 Å². The van der Waals surface area contributed by atoms with E-state index >= 15 is 0 Å². The number of imide groups is 1. The van der Waals surface area contributed by atoms with Crippen molar-refractivity contribution in [3.05, 3.63) is 94.5 Å². The number of carbonyl (C=O) groups excluding carboxylic acids is 3. The van der Waals surface area contributed by atoms with E-state index in [4.69, 9.17) is 13.7 Å². The van der Waals surface area contributed by atoms with Gasteiger partial charge in [0.1, 0.15) is 6.04 Å². The standard InChI is InChI=1S/C32H34N2O8S2/c1-22-5-11-25(12-6-22)44(38,39)42-16-15-40-20-23-7-9-24(10-8-23)21-41-17-18-43-29-4-2-3-26-27(29)19-34(32(26)37)28-13-14-30(35)33-31(28)36/h2-12,28H,13-21H2,1H3,(H,33,35,36). The van der Waals surface area contributed by atoms with E-state index in [9.17, 15) is 22.8 Å². The van der Waals surface area contributed by atoms with Crippen LogP contribution in [0.2, 0.25) is 0 Å². The van der Waals surface area contributed by atoms with Gasteiger partial charge in [0.2, 0.25) is 11.8 Å². The van der Waals surface area contributed by atoms with E-state index < -0.39 is 22.1 Å². The summed E-state index contributed by atoms with van der Waals surface area (Å²) in [5, 5.41) is 2.33. The number of thioether (sulfide) groups is 1. The molecule has 0 aromatic heterocycles. The van der Waals surface area contributed by atoms with Crippen molar-refractivity contribution in [3.8, 4) is 0 Å². The predicted octanol–water partition coefficient (Wildman–Crippen LogP) is 3.99. The summed E-state index contributed by atoms with van der Waals surface area (Å²) in [6, 6.07) is 19.3. The van der Waals surface area contributed by atoms with Gasteiger partial charge in [0.05, 0.1) is 37.9 Å². The summed E-state index contributed by atoms with van der Waals surface area (Å²) in [6.45, 7) is 3.59. The minimum atomic E-state index is -3.81. The number of nitrogens with one attached hydrogen (secondary N) is 1. The van der Waals surface area contributed by atoms with Crippen LogP contribution in [0.3, 0.4) is 0 Å². The SMILES string of the molecule is Cc1ccc(S(=O)(=O)OCCOCc2ccc(COCCSc3cccc4c3CN(C3CCC(=O)NC3=O)C4=O)cc2)cc1. The predicted molar refractivity (Wildman–Crippen MR) is 163 cm³/mol. The highest BCUT2D eigenvalue weighted by Crippen LogP contribution is 2.34. The topological polar surface area (TPSA) is 128 Å². The van der Waals surface area contributed by atoms with Crippen molar-refractivity contribution in [2.24, 2.45) is 0 Å². The number of nitrogens with zero attached hydrogens (tertiary/aromatic N) is 1. The molecule has 1 atom stereocenters. The first kappa shape index (κ1) is 31.9. The summed E-state index contributed by atoms with van der Waals surface area (Å²) in [4.78, 5) is 39.5. The van der Waals surface area contributed by atoms with Crippen LogP contribution in [0.25, 0.3) is 0 Å². The van der Waals surface area contributed by atoms with Crippen molar-refractivity contribution >= 4 is 39.6 Å². The second kappa shape index (κ2) is 14.5. The van der Waals surface area contributed by atoms with E-state index in [0.29, 0.717) is 44.1 Å². The third kappa shape index (κ3) is 7.93. The molecule has 0 aliphatic carbocycles. The van der Waals surface area contributed by atoms with Crippen molar-refractivity contribution < 1.29 is 36.5 Å². The van der Waals surface area contributed by atoms with E-state index in [1.54, 1.807) is 34.9 Å². The van der Waals surface area contributed by atoms with Gasteiger partial charge >= 0.3 is 0 Å². The van der Waals surface area contributed by atoms with Gasteiger partial charge in [0.15, 0.2) is 0 Å². The monoisotopic (exact) mass is 638 g/mol. The molecular formula is C32H34N2O8S2. The zero-order valence-electron chi connectivity index (χ0n) is 24.3. The molecule has 0 spiro atoms. The van der Waals surface area contributed by atoms with Gasteiger partial charge in [-0.25, -0.2) is 0 Å². The molecule has 0 saturated carbocycles. The molecule has 0 radical (unpaired) electrons. The Kier molecular flexibility index (Phi) is 10.5. The minimum absolute atomic E-state index is 0.0691. The molecule has 1 fully saturated rings. The van der Waals surface area contributed by atoms with E-state index in [-0.39, 0.29) is 36.3 Å². The smallest absolute Gasteiger partial charge is 0.297 e. The summed E-state index contributed by atoms with van der Waals surface area (Å²) >= 11 is 1.61. The second-order valence-electron chi connectivity index (χ2n) is 10.5. The molecule has 1 saturated heterocycles. The van der Waals surface area contributed by atoms with Gasteiger partial charge < -0.3 is 14.4 Å².